The molecule has 0 heterocycles. The lowest BCUT2D eigenvalue weighted by Gasteiger charge is -2.18. The number of rotatable bonds is 14. The van der Waals surface area contributed by atoms with E-state index in [1.807, 2.05) is 6.07 Å². The molecule has 0 unspecified atom stereocenters. The smallest absolute Gasteiger partial charge is 0.408 e. The molecule has 0 saturated carbocycles. The Kier molecular flexibility index (Phi) is 12.9. The van der Waals surface area contributed by atoms with Crippen molar-refractivity contribution in [1.82, 2.24) is 16.0 Å². The largest absolute Gasteiger partial charge is 0.445 e. The van der Waals surface area contributed by atoms with E-state index in [0.29, 0.717) is 12.8 Å². The second kappa shape index (κ2) is 15.9. The Balaban J connectivity index is 2.57. The van der Waals surface area contributed by atoms with E-state index in [4.69, 9.17) is 15.8 Å². The molecule has 1 atom stereocenters. The van der Waals surface area contributed by atoms with Crippen molar-refractivity contribution in [3.05, 3.63) is 56.8 Å². The van der Waals surface area contributed by atoms with Gasteiger partial charge in [0.15, 0.2) is 0 Å². The first-order valence-corrected chi connectivity index (χ1v) is 9.60. The number of amides is 3. The number of carbonyl (C=O) groups is 3. The van der Waals surface area contributed by atoms with Crippen molar-refractivity contribution in [1.29, 1.82) is 0 Å². The quantitative estimate of drug-likeness (QED) is 0.176. The molecule has 3 N–H and O–H groups in total. The summed E-state index contributed by atoms with van der Waals surface area (Å²) < 4.78 is 5.11. The minimum Gasteiger partial charge on any atom is -0.445 e. The molecule has 0 aliphatic heterocycles. The third-order valence-electron chi connectivity index (χ3n) is 3.83. The van der Waals surface area contributed by atoms with Crippen LogP contribution in [0.5, 0.6) is 0 Å². The highest BCUT2D eigenvalue weighted by Crippen LogP contribution is 2.02. The van der Waals surface area contributed by atoms with Crippen LogP contribution in [0.1, 0.15) is 24.8 Å². The maximum atomic E-state index is 12.4. The summed E-state index contributed by atoms with van der Waals surface area (Å²) >= 11 is 0. The zero-order chi connectivity index (χ0) is 22.7. The molecule has 0 bridgehead atoms. The molecule has 1 aromatic carbocycles. The summed E-state index contributed by atoms with van der Waals surface area (Å²) in [6.45, 7) is 0.925. The molecule has 1 aromatic rings. The maximum absolute atomic E-state index is 12.4. The Labute approximate surface area is 178 Å². The maximum Gasteiger partial charge on any atom is 0.408 e. The SMILES string of the molecule is [N-]=[N+]=NCCCNC(=O)C[C@H](NC(=O)OCc1ccccc1)C(=O)NCCCN=[N+]=[N-]. The number of carbonyl (C=O) groups excluding carboxylic acids is 3. The number of ether oxygens (including phenoxy) is 1. The van der Waals surface area contributed by atoms with Crippen LogP contribution in [0.4, 0.5) is 4.79 Å². The van der Waals surface area contributed by atoms with E-state index in [0.717, 1.165) is 5.56 Å². The molecule has 31 heavy (non-hydrogen) atoms. The Morgan fingerprint density at radius 2 is 1.58 bits per heavy atom. The van der Waals surface area contributed by atoms with E-state index in [1.165, 1.54) is 0 Å². The summed E-state index contributed by atoms with van der Waals surface area (Å²) in [6.07, 6.45) is -0.288. The molecule has 0 radical (unpaired) electrons. The Bertz CT molecular complexity index is 806. The summed E-state index contributed by atoms with van der Waals surface area (Å²) in [7, 11) is 0. The predicted octanol–water partition coefficient (Wildman–Crippen LogP) is 2.30. The van der Waals surface area contributed by atoms with E-state index < -0.39 is 23.9 Å². The molecule has 1 rings (SSSR count). The third kappa shape index (κ3) is 12.3. The second-order valence-corrected chi connectivity index (χ2v) is 6.22. The van der Waals surface area contributed by atoms with Crippen LogP contribution in [0.15, 0.2) is 40.6 Å². The Hall–Kier alpha value is -3.95. The van der Waals surface area contributed by atoms with Gasteiger partial charge in [-0.2, -0.15) is 0 Å². The molecule has 0 spiro atoms. The van der Waals surface area contributed by atoms with Crippen molar-refractivity contribution in [3.8, 4) is 0 Å². The Morgan fingerprint density at radius 1 is 0.968 bits per heavy atom. The number of nitrogens with zero attached hydrogens (tertiary/aromatic N) is 6. The second-order valence-electron chi connectivity index (χ2n) is 6.22. The van der Waals surface area contributed by atoms with Gasteiger partial charge in [-0.1, -0.05) is 40.6 Å². The van der Waals surface area contributed by atoms with Gasteiger partial charge in [-0.15, -0.1) is 0 Å². The summed E-state index contributed by atoms with van der Waals surface area (Å²) in [6, 6.07) is 7.85. The fourth-order valence-electron chi connectivity index (χ4n) is 2.33. The van der Waals surface area contributed by atoms with Gasteiger partial charge in [0.25, 0.3) is 0 Å². The molecule has 0 saturated heterocycles. The van der Waals surface area contributed by atoms with Gasteiger partial charge in [0.1, 0.15) is 12.6 Å². The van der Waals surface area contributed by atoms with E-state index in [1.54, 1.807) is 24.3 Å². The van der Waals surface area contributed by atoms with Crippen LogP contribution >= 0.6 is 0 Å². The van der Waals surface area contributed by atoms with Crippen LogP contribution in [-0.2, 0) is 20.9 Å². The molecular formula is C18H25N9O4. The molecule has 0 aromatic heterocycles. The number of nitrogens with one attached hydrogen (secondary N) is 3. The number of azide groups is 2. The number of benzene rings is 1. The molecule has 3 amide bonds. The van der Waals surface area contributed by atoms with Crippen LogP contribution in [0.25, 0.3) is 20.9 Å². The van der Waals surface area contributed by atoms with Gasteiger partial charge in [0.2, 0.25) is 11.8 Å². The van der Waals surface area contributed by atoms with Gasteiger partial charge in [0, 0.05) is 36.0 Å². The summed E-state index contributed by atoms with van der Waals surface area (Å²) in [5, 5.41) is 14.3. The Morgan fingerprint density at radius 3 is 2.19 bits per heavy atom. The monoisotopic (exact) mass is 431 g/mol. The van der Waals surface area contributed by atoms with Gasteiger partial charge in [-0.3, -0.25) is 9.59 Å². The van der Waals surface area contributed by atoms with E-state index in [2.05, 4.69) is 36.0 Å². The van der Waals surface area contributed by atoms with Crippen LogP contribution in [0, 0.1) is 0 Å². The zero-order valence-electron chi connectivity index (χ0n) is 16.9. The average molecular weight is 431 g/mol. The molecule has 166 valence electrons. The van der Waals surface area contributed by atoms with Gasteiger partial charge < -0.3 is 20.7 Å². The van der Waals surface area contributed by atoms with Crippen LogP contribution < -0.4 is 16.0 Å². The lowest BCUT2D eigenvalue weighted by molar-refractivity contribution is -0.128. The summed E-state index contributed by atoms with van der Waals surface area (Å²) in [5.41, 5.74) is 17.3. The van der Waals surface area contributed by atoms with E-state index in [-0.39, 0.29) is 39.2 Å². The van der Waals surface area contributed by atoms with Crippen molar-refractivity contribution < 1.29 is 19.1 Å². The minimum absolute atomic E-state index is 0.0127. The average Bonchev–Trinajstić information content (AvgIpc) is 2.77. The topological polar surface area (TPSA) is 194 Å². The predicted molar refractivity (Wildman–Crippen MR) is 111 cm³/mol. The highest BCUT2D eigenvalue weighted by Gasteiger charge is 2.24. The van der Waals surface area contributed by atoms with Crippen molar-refractivity contribution in [2.75, 3.05) is 26.2 Å². The zero-order valence-corrected chi connectivity index (χ0v) is 16.9. The van der Waals surface area contributed by atoms with E-state index in [9.17, 15) is 14.4 Å². The first-order chi connectivity index (χ1) is 15.1. The van der Waals surface area contributed by atoms with Crippen molar-refractivity contribution in [2.24, 2.45) is 10.2 Å². The fraction of sp³-hybridized carbons (Fsp3) is 0.500. The summed E-state index contributed by atoms with van der Waals surface area (Å²) in [5.74, 6) is -1.03. The molecule has 0 aliphatic carbocycles. The van der Waals surface area contributed by atoms with Gasteiger partial charge in [-0.05, 0) is 29.5 Å². The lowest BCUT2D eigenvalue weighted by Crippen LogP contribution is -2.49. The minimum atomic E-state index is -1.15. The lowest BCUT2D eigenvalue weighted by atomic mass is 10.1. The molecule has 13 nitrogen and oxygen atoms in total. The molecule has 0 aliphatic rings. The number of hydrogen-bond donors (Lipinski definition) is 3. The van der Waals surface area contributed by atoms with Gasteiger partial charge in [-0.25, -0.2) is 4.79 Å². The molecule has 13 heteroatoms. The fourth-order valence-corrected chi connectivity index (χ4v) is 2.33. The van der Waals surface area contributed by atoms with Gasteiger partial charge in [0.05, 0.1) is 6.42 Å². The number of alkyl carbamates (subject to hydrolysis) is 1. The number of hydrogen-bond acceptors (Lipinski definition) is 6. The molecule has 0 fully saturated rings. The first-order valence-electron chi connectivity index (χ1n) is 9.60. The highest BCUT2D eigenvalue weighted by molar-refractivity contribution is 5.90. The summed E-state index contributed by atoms with van der Waals surface area (Å²) in [4.78, 5) is 41.9. The first kappa shape index (κ1) is 25.1. The normalized spacial score (nSPS) is 10.6. The van der Waals surface area contributed by atoms with Crippen LogP contribution in [-0.4, -0.2) is 50.1 Å². The van der Waals surface area contributed by atoms with Crippen molar-refractivity contribution >= 4 is 17.9 Å². The van der Waals surface area contributed by atoms with Crippen molar-refractivity contribution in [3.63, 3.8) is 0 Å². The van der Waals surface area contributed by atoms with Crippen LogP contribution in [0.3, 0.4) is 0 Å². The van der Waals surface area contributed by atoms with Gasteiger partial charge >= 0.3 is 6.09 Å². The molecular weight excluding hydrogens is 406 g/mol. The van der Waals surface area contributed by atoms with Crippen molar-refractivity contribution in [2.45, 2.75) is 31.9 Å². The standard InChI is InChI=1S/C18H25N9O4/c19-26-23-10-4-8-21-16(28)12-15(17(29)22-9-5-11-24-27-20)25-18(30)31-13-14-6-2-1-3-7-14/h1-3,6-7,15H,4-5,8-13H2,(H,21,28)(H,22,29)(H,25,30)/t15-/m0/s1. The van der Waals surface area contributed by atoms with Crippen LogP contribution in [0.2, 0.25) is 0 Å². The third-order valence-corrected chi connectivity index (χ3v) is 3.83. The highest BCUT2D eigenvalue weighted by atomic mass is 16.5. The van der Waals surface area contributed by atoms with E-state index >= 15 is 0 Å².